The Hall–Kier alpha value is -3.21. The van der Waals surface area contributed by atoms with E-state index in [-0.39, 0.29) is 11.4 Å². The molecular formula is C20H17BrF3N5O2. The molecule has 31 heavy (non-hydrogen) atoms. The second kappa shape index (κ2) is 8.88. The first-order valence-corrected chi connectivity index (χ1v) is 9.79. The summed E-state index contributed by atoms with van der Waals surface area (Å²) >= 11 is 3.38. The van der Waals surface area contributed by atoms with E-state index in [0.29, 0.717) is 11.4 Å². The lowest BCUT2D eigenvalue weighted by Crippen LogP contribution is -2.22. The number of para-hydroxylation sites is 1. The van der Waals surface area contributed by atoms with E-state index in [1.165, 1.54) is 12.1 Å². The van der Waals surface area contributed by atoms with E-state index in [0.717, 1.165) is 26.9 Å². The zero-order valence-electron chi connectivity index (χ0n) is 16.4. The number of halogens is 4. The molecule has 0 radical (unpaired) electrons. The van der Waals surface area contributed by atoms with Crippen molar-refractivity contribution in [2.45, 2.75) is 26.6 Å². The van der Waals surface area contributed by atoms with Crippen molar-refractivity contribution in [2.75, 3.05) is 10.6 Å². The highest BCUT2D eigenvalue weighted by Crippen LogP contribution is 2.34. The Morgan fingerprint density at radius 2 is 1.81 bits per heavy atom. The molecule has 7 nitrogen and oxygen atoms in total. The van der Waals surface area contributed by atoms with Crippen molar-refractivity contribution in [3.05, 3.63) is 69.5 Å². The lowest BCUT2D eigenvalue weighted by Gasteiger charge is -2.13. The zero-order valence-corrected chi connectivity index (χ0v) is 18.0. The van der Waals surface area contributed by atoms with Gasteiger partial charge in [0, 0.05) is 10.2 Å². The number of amides is 2. The first kappa shape index (κ1) is 22.5. The molecule has 1 aromatic heterocycles. The number of carbonyl (C=O) groups excluding carboxylic acids is 2. The van der Waals surface area contributed by atoms with Crippen LogP contribution in [-0.4, -0.2) is 26.8 Å². The molecule has 2 amide bonds. The van der Waals surface area contributed by atoms with Crippen molar-refractivity contribution in [3.8, 4) is 0 Å². The fourth-order valence-corrected chi connectivity index (χ4v) is 3.04. The van der Waals surface area contributed by atoms with Gasteiger partial charge in [0.05, 0.1) is 16.9 Å². The molecule has 3 rings (SSSR count). The van der Waals surface area contributed by atoms with Gasteiger partial charge in [-0.2, -0.15) is 13.2 Å². The number of hydrogen-bond donors (Lipinski definition) is 2. The molecule has 0 spiro atoms. The van der Waals surface area contributed by atoms with E-state index < -0.39 is 30.1 Å². The van der Waals surface area contributed by atoms with Gasteiger partial charge in [0.15, 0.2) is 5.69 Å². The zero-order chi connectivity index (χ0) is 22.8. The summed E-state index contributed by atoms with van der Waals surface area (Å²) < 4.78 is 41.3. The molecule has 1 heterocycles. The van der Waals surface area contributed by atoms with E-state index in [1.807, 2.05) is 6.92 Å². The summed E-state index contributed by atoms with van der Waals surface area (Å²) in [5.74, 6) is -1.26. The van der Waals surface area contributed by atoms with E-state index >= 15 is 0 Å². The first-order chi connectivity index (χ1) is 14.6. The summed E-state index contributed by atoms with van der Waals surface area (Å²) in [6, 6.07) is 9.93. The number of aromatic nitrogens is 3. The van der Waals surface area contributed by atoms with Gasteiger partial charge in [0.1, 0.15) is 6.54 Å². The van der Waals surface area contributed by atoms with Crippen LogP contribution in [0.2, 0.25) is 0 Å². The number of anilines is 2. The number of rotatable bonds is 5. The number of alkyl halides is 3. The highest BCUT2D eigenvalue weighted by molar-refractivity contribution is 9.10. The van der Waals surface area contributed by atoms with Crippen molar-refractivity contribution < 1.29 is 22.8 Å². The molecule has 162 valence electrons. The van der Waals surface area contributed by atoms with Gasteiger partial charge in [-0.15, -0.1) is 5.10 Å². The minimum Gasteiger partial charge on any atom is -0.324 e. The van der Waals surface area contributed by atoms with E-state index in [9.17, 15) is 22.8 Å². The normalized spacial score (nSPS) is 11.3. The molecule has 0 aliphatic rings. The quantitative estimate of drug-likeness (QED) is 0.542. The predicted octanol–water partition coefficient (Wildman–Crippen LogP) is 4.57. The molecule has 0 atom stereocenters. The third-order valence-corrected chi connectivity index (χ3v) is 5.30. The third-order valence-electron chi connectivity index (χ3n) is 4.41. The monoisotopic (exact) mass is 495 g/mol. The minimum absolute atomic E-state index is 0.00376. The fraction of sp³-hybridized carbons (Fsp3) is 0.200. The SMILES string of the molecule is Cc1cc(NC(=O)c2nnn(CC(=O)Nc3ccccc3C(F)(F)F)c2C)ccc1Br. The molecule has 2 N–H and O–H groups in total. The van der Waals surface area contributed by atoms with Gasteiger partial charge in [0.2, 0.25) is 5.91 Å². The molecular weight excluding hydrogens is 479 g/mol. The number of nitrogens with zero attached hydrogens (tertiary/aromatic N) is 3. The van der Waals surface area contributed by atoms with Crippen LogP contribution in [0.1, 0.15) is 27.3 Å². The molecule has 0 unspecified atom stereocenters. The smallest absolute Gasteiger partial charge is 0.324 e. The maximum atomic E-state index is 13.1. The van der Waals surface area contributed by atoms with Gasteiger partial charge in [-0.3, -0.25) is 9.59 Å². The van der Waals surface area contributed by atoms with Crippen molar-refractivity contribution in [2.24, 2.45) is 0 Å². The second-order valence-electron chi connectivity index (χ2n) is 6.69. The molecule has 0 aliphatic heterocycles. The Morgan fingerprint density at radius 3 is 2.48 bits per heavy atom. The number of benzene rings is 2. The fourth-order valence-electron chi connectivity index (χ4n) is 2.80. The summed E-state index contributed by atoms with van der Waals surface area (Å²) in [7, 11) is 0. The average molecular weight is 496 g/mol. The Labute approximate surface area is 183 Å². The van der Waals surface area contributed by atoms with Crippen LogP contribution >= 0.6 is 15.9 Å². The molecule has 0 saturated carbocycles. The maximum absolute atomic E-state index is 13.1. The van der Waals surface area contributed by atoms with Gasteiger partial charge in [-0.05, 0) is 49.7 Å². The van der Waals surface area contributed by atoms with Gasteiger partial charge >= 0.3 is 6.18 Å². The maximum Gasteiger partial charge on any atom is 0.418 e. The third kappa shape index (κ3) is 5.29. The number of hydrogen-bond acceptors (Lipinski definition) is 4. The predicted molar refractivity (Wildman–Crippen MR) is 112 cm³/mol. The Morgan fingerprint density at radius 1 is 1.10 bits per heavy atom. The van der Waals surface area contributed by atoms with Crippen molar-refractivity contribution in [1.29, 1.82) is 0 Å². The molecule has 0 aliphatic carbocycles. The van der Waals surface area contributed by atoms with Crippen LogP contribution in [-0.2, 0) is 17.5 Å². The van der Waals surface area contributed by atoms with Gasteiger partial charge in [0.25, 0.3) is 5.91 Å². The Bertz CT molecular complexity index is 1140. The Kier molecular flexibility index (Phi) is 6.44. The number of nitrogens with one attached hydrogen (secondary N) is 2. The van der Waals surface area contributed by atoms with Gasteiger partial charge in [-0.25, -0.2) is 4.68 Å². The summed E-state index contributed by atoms with van der Waals surface area (Å²) in [6.45, 7) is 3.01. The van der Waals surface area contributed by atoms with E-state index in [1.54, 1.807) is 25.1 Å². The summed E-state index contributed by atoms with van der Waals surface area (Å²) in [4.78, 5) is 24.8. The lowest BCUT2D eigenvalue weighted by atomic mass is 10.1. The highest BCUT2D eigenvalue weighted by atomic mass is 79.9. The number of aryl methyl sites for hydroxylation is 1. The first-order valence-electron chi connectivity index (χ1n) is 9.00. The van der Waals surface area contributed by atoms with Crippen molar-refractivity contribution >= 4 is 39.1 Å². The van der Waals surface area contributed by atoms with Crippen LogP contribution in [0, 0.1) is 13.8 Å². The van der Waals surface area contributed by atoms with Crippen LogP contribution < -0.4 is 10.6 Å². The van der Waals surface area contributed by atoms with Crippen LogP contribution in [0.4, 0.5) is 24.5 Å². The van der Waals surface area contributed by atoms with Gasteiger partial charge in [-0.1, -0.05) is 33.3 Å². The van der Waals surface area contributed by atoms with Crippen LogP contribution in [0.3, 0.4) is 0 Å². The van der Waals surface area contributed by atoms with Crippen LogP contribution in [0.15, 0.2) is 46.9 Å². The van der Waals surface area contributed by atoms with Crippen LogP contribution in [0.5, 0.6) is 0 Å². The standard InChI is InChI=1S/C20H17BrF3N5O2/c1-11-9-13(7-8-15(11)21)25-19(31)18-12(2)29(28-27-18)10-17(30)26-16-6-4-3-5-14(16)20(22,23)24/h3-9H,10H2,1-2H3,(H,25,31)(H,26,30). The molecule has 2 aromatic carbocycles. The van der Waals surface area contributed by atoms with Crippen LogP contribution in [0.25, 0.3) is 0 Å². The minimum atomic E-state index is -4.61. The molecule has 3 aromatic rings. The Balaban J connectivity index is 1.71. The van der Waals surface area contributed by atoms with E-state index in [4.69, 9.17) is 0 Å². The van der Waals surface area contributed by atoms with Gasteiger partial charge < -0.3 is 10.6 Å². The molecule has 0 saturated heterocycles. The summed E-state index contributed by atoms with van der Waals surface area (Å²) in [6.07, 6.45) is -4.61. The topological polar surface area (TPSA) is 88.9 Å². The molecule has 11 heteroatoms. The second-order valence-corrected chi connectivity index (χ2v) is 7.55. The van der Waals surface area contributed by atoms with Crippen molar-refractivity contribution in [3.63, 3.8) is 0 Å². The highest BCUT2D eigenvalue weighted by Gasteiger charge is 2.33. The molecule has 0 bridgehead atoms. The van der Waals surface area contributed by atoms with Crippen molar-refractivity contribution in [1.82, 2.24) is 15.0 Å². The summed E-state index contributed by atoms with van der Waals surface area (Å²) in [5, 5.41) is 12.5. The summed E-state index contributed by atoms with van der Waals surface area (Å²) in [5.41, 5.74) is 0.467. The molecule has 0 fully saturated rings. The average Bonchev–Trinajstić information content (AvgIpc) is 3.04. The number of carbonyl (C=O) groups is 2. The van der Waals surface area contributed by atoms with E-state index in [2.05, 4.69) is 36.9 Å². The largest absolute Gasteiger partial charge is 0.418 e. The lowest BCUT2D eigenvalue weighted by molar-refractivity contribution is -0.137.